The van der Waals surface area contributed by atoms with Crippen molar-refractivity contribution >= 4 is 38.9 Å². The van der Waals surface area contributed by atoms with Crippen molar-refractivity contribution in [2.75, 3.05) is 19.0 Å². The lowest BCUT2D eigenvalue weighted by Gasteiger charge is -2.19. The molecule has 0 aliphatic rings. The molecule has 0 atom stereocenters. The van der Waals surface area contributed by atoms with Crippen LogP contribution in [0.5, 0.6) is 0 Å². The first kappa shape index (κ1) is 12.4. The second-order valence-corrected chi connectivity index (χ2v) is 5.01. The Kier molecular flexibility index (Phi) is 4.02. The largest absolute Gasteiger partial charge is 0.338 e. The average molecular weight is 268 g/mol. The molecule has 1 amide bonds. The number of amides is 1. The second kappa shape index (κ2) is 5.52. The number of nitrogens with zero attached hydrogens (tertiary/aromatic N) is 1. The molecule has 0 aliphatic carbocycles. The maximum atomic E-state index is 12.3. The molecule has 1 aromatic carbocycles. The van der Waals surface area contributed by atoms with Gasteiger partial charge in [0.2, 0.25) is 0 Å². The van der Waals surface area contributed by atoms with Gasteiger partial charge >= 0.3 is 0 Å². The van der Waals surface area contributed by atoms with Crippen molar-refractivity contribution in [2.24, 2.45) is 0 Å². The van der Waals surface area contributed by atoms with Gasteiger partial charge in [-0.2, -0.15) is 0 Å². The quantitative estimate of drug-likeness (QED) is 0.775. The van der Waals surface area contributed by atoms with Gasteiger partial charge in [0.25, 0.3) is 5.91 Å². The van der Waals surface area contributed by atoms with E-state index >= 15 is 0 Å². The van der Waals surface area contributed by atoms with Gasteiger partial charge in [0.1, 0.15) is 0 Å². The smallest absolute Gasteiger partial charge is 0.255 e. The van der Waals surface area contributed by atoms with E-state index in [2.05, 4.69) is 0 Å². The van der Waals surface area contributed by atoms with E-state index in [1.165, 1.54) is 0 Å². The first-order valence-corrected chi connectivity index (χ1v) is 7.00. The Morgan fingerprint density at radius 3 is 2.88 bits per heavy atom. The van der Waals surface area contributed by atoms with Crippen LogP contribution >= 0.6 is 22.9 Å². The Bertz CT molecular complexity index is 523. The van der Waals surface area contributed by atoms with Gasteiger partial charge in [-0.15, -0.1) is 22.9 Å². The predicted molar refractivity (Wildman–Crippen MR) is 74.1 cm³/mol. The number of alkyl halides is 1. The van der Waals surface area contributed by atoms with Crippen LogP contribution in [0.3, 0.4) is 0 Å². The number of carbonyl (C=O) groups excluding carboxylic acids is 1. The van der Waals surface area contributed by atoms with Gasteiger partial charge in [-0.3, -0.25) is 4.79 Å². The van der Waals surface area contributed by atoms with Crippen LogP contribution in [0.4, 0.5) is 0 Å². The molecule has 2 rings (SSSR count). The summed E-state index contributed by atoms with van der Waals surface area (Å²) < 4.78 is 1.15. The van der Waals surface area contributed by atoms with Crippen molar-refractivity contribution in [3.05, 3.63) is 35.2 Å². The van der Waals surface area contributed by atoms with Gasteiger partial charge in [0.05, 0.1) is 5.56 Å². The lowest BCUT2D eigenvalue weighted by Crippen LogP contribution is -2.32. The van der Waals surface area contributed by atoms with Crippen LogP contribution in [0.1, 0.15) is 17.3 Å². The van der Waals surface area contributed by atoms with Crippen molar-refractivity contribution in [2.45, 2.75) is 6.92 Å². The standard InChI is InChI=1S/C13H14ClNOS/c1-2-15(8-7-14)13(16)11-9-17-12-6-4-3-5-10(11)12/h3-6,9H,2,7-8H2,1H3. The highest BCUT2D eigenvalue weighted by molar-refractivity contribution is 7.17. The summed E-state index contributed by atoms with van der Waals surface area (Å²) in [5, 5.41) is 2.97. The van der Waals surface area contributed by atoms with Crippen molar-refractivity contribution in [3.63, 3.8) is 0 Å². The monoisotopic (exact) mass is 267 g/mol. The van der Waals surface area contributed by atoms with Gasteiger partial charge < -0.3 is 4.90 Å². The van der Waals surface area contributed by atoms with E-state index in [1.807, 2.05) is 36.6 Å². The lowest BCUT2D eigenvalue weighted by atomic mass is 10.1. The second-order valence-electron chi connectivity index (χ2n) is 3.72. The van der Waals surface area contributed by atoms with Crippen molar-refractivity contribution in [3.8, 4) is 0 Å². The van der Waals surface area contributed by atoms with Gasteiger partial charge in [-0.25, -0.2) is 0 Å². The van der Waals surface area contributed by atoms with Crippen molar-refractivity contribution in [1.29, 1.82) is 0 Å². The van der Waals surface area contributed by atoms with E-state index in [4.69, 9.17) is 11.6 Å². The molecule has 0 saturated heterocycles. The summed E-state index contributed by atoms with van der Waals surface area (Å²) in [6.45, 7) is 3.26. The molecule has 17 heavy (non-hydrogen) atoms. The number of hydrogen-bond acceptors (Lipinski definition) is 2. The molecular weight excluding hydrogens is 254 g/mol. The number of rotatable bonds is 4. The fourth-order valence-corrected chi connectivity index (χ4v) is 2.96. The summed E-state index contributed by atoms with van der Waals surface area (Å²) in [6.07, 6.45) is 0. The molecule has 0 fully saturated rings. The third-order valence-corrected chi connectivity index (χ3v) is 3.87. The number of thiophene rings is 1. The SMILES string of the molecule is CCN(CCCl)C(=O)c1csc2ccccc12. The van der Waals surface area contributed by atoms with Gasteiger partial charge in [-0.1, -0.05) is 18.2 Å². The molecule has 2 aromatic rings. The molecule has 2 nitrogen and oxygen atoms in total. The number of benzene rings is 1. The number of carbonyl (C=O) groups is 1. The zero-order chi connectivity index (χ0) is 12.3. The Morgan fingerprint density at radius 1 is 1.41 bits per heavy atom. The highest BCUT2D eigenvalue weighted by Crippen LogP contribution is 2.26. The van der Waals surface area contributed by atoms with Crippen LogP contribution in [0.2, 0.25) is 0 Å². The highest BCUT2D eigenvalue weighted by atomic mass is 35.5. The molecule has 0 aliphatic heterocycles. The first-order valence-electron chi connectivity index (χ1n) is 5.59. The highest BCUT2D eigenvalue weighted by Gasteiger charge is 2.17. The maximum absolute atomic E-state index is 12.3. The summed E-state index contributed by atoms with van der Waals surface area (Å²) in [5.41, 5.74) is 0.789. The van der Waals surface area contributed by atoms with Gasteiger partial charge in [0.15, 0.2) is 0 Å². The molecule has 0 spiro atoms. The normalized spacial score (nSPS) is 10.7. The van der Waals surface area contributed by atoms with Gasteiger partial charge in [-0.05, 0) is 13.0 Å². The number of hydrogen-bond donors (Lipinski definition) is 0. The molecule has 0 bridgehead atoms. The third kappa shape index (κ3) is 2.45. The van der Waals surface area contributed by atoms with Crippen LogP contribution < -0.4 is 0 Å². The van der Waals surface area contributed by atoms with Crippen LogP contribution in [-0.4, -0.2) is 29.8 Å². The molecule has 0 radical (unpaired) electrons. The van der Waals surface area contributed by atoms with Gasteiger partial charge in [0, 0.05) is 34.4 Å². The summed E-state index contributed by atoms with van der Waals surface area (Å²) in [7, 11) is 0. The molecule has 0 saturated carbocycles. The minimum absolute atomic E-state index is 0.0746. The van der Waals surface area contributed by atoms with E-state index in [0.29, 0.717) is 19.0 Å². The molecule has 1 heterocycles. The Labute approximate surface area is 110 Å². The molecular formula is C13H14ClNOS. The van der Waals surface area contributed by atoms with E-state index in [0.717, 1.165) is 15.6 Å². The summed E-state index contributed by atoms with van der Waals surface area (Å²) in [5.74, 6) is 0.548. The summed E-state index contributed by atoms with van der Waals surface area (Å²) >= 11 is 7.32. The minimum atomic E-state index is 0.0746. The van der Waals surface area contributed by atoms with E-state index < -0.39 is 0 Å². The Balaban J connectivity index is 2.36. The number of fused-ring (bicyclic) bond motifs is 1. The van der Waals surface area contributed by atoms with E-state index in [-0.39, 0.29) is 5.91 Å². The zero-order valence-electron chi connectivity index (χ0n) is 9.65. The number of halogens is 1. The third-order valence-electron chi connectivity index (χ3n) is 2.73. The predicted octanol–water partition coefficient (Wildman–Crippen LogP) is 3.60. The molecule has 1 aromatic heterocycles. The molecule has 90 valence electrons. The van der Waals surface area contributed by atoms with Crippen LogP contribution in [0, 0.1) is 0 Å². The molecule has 0 N–H and O–H groups in total. The fraction of sp³-hybridized carbons (Fsp3) is 0.308. The fourth-order valence-electron chi connectivity index (χ4n) is 1.82. The molecule has 0 unspecified atom stereocenters. The summed E-state index contributed by atoms with van der Waals surface area (Å²) in [6, 6.07) is 7.98. The zero-order valence-corrected chi connectivity index (χ0v) is 11.2. The molecule has 4 heteroatoms. The minimum Gasteiger partial charge on any atom is -0.338 e. The van der Waals surface area contributed by atoms with Crippen molar-refractivity contribution < 1.29 is 4.79 Å². The van der Waals surface area contributed by atoms with E-state index in [9.17, 15) is 4.79 Å². The average Bonchev–Trinajstić information content (AvgIpc) is 2.79. The van der Waals surface area contributed by atoms with Crippen LogP contribution in [-0.2, 0) is 0 Å². The lowest BCUT2D eigenvalue weighted by molar-refractivity contribution is 0.0776. The Hall–Kier alpha value is -1.06. The maximum Gasteiger partial charge on any atom is 0.255 e. The Morgan fingerprint density at radius 2 is 2.18 bits per heavy atom. The van der Waals surface area contributed by atoms with Crippen molar-refractivity contribution in [1.82, 2.24) is 4.90 Å². The van der Waals surface area contributed by atoms with E-state index in [1.54, 1.807) is 16.2 Å². The van der Waals surface area contributed by atoms with Crippen LogP contribution in [0.25, 0.3) is 10.1 Å². The first-order chi connectivity index (χ1) is 8.27. The van der Waals surface area contributed by atoms with Crippen LogP contribution in [0.15, 0.2) is 29.6 Å². The topological polar surface area (TPSA) is 20.3 Å². The summed E-state index contributed by atoms with van der Waals surface area (Å²) in [4.78, 5) is 14.1.